The molecule has 0 amide bonds. The van der Waals surface area contributed by atoms with Crippen molar-refractivity contribution in [3.63, 3.8) is 0 Å². The van der Waals surface area contributed by atoms with Gasteiger partial charge in [-0.15, -0.1) is 0 Å². The molecule has 0 rings (SSSR count). The van der Waals surface area contributed by atoms with Gasteiger partial charge in [0.25, 0.3) is 0 Å². The summed E-state index contributed by atoms with van der Waals surface area (Å²) in [6, 6.07) is 0. The Morgan fingerprint density at radius 3 is 1.33 bits per heavy atom. The first-order chi connectivity index (χ1) is 1.73. The molecule has 1 N–H and O–H groups in total. The van der Waals surface area contributed by atoms with Crippen LogP contribution in [-0.4, -0.2) is 30.9 Å². The van der Waals surface area contributed by atoms with Crippen LogP contribution in [-0.2, 0) is 41.8 Å². The first kappa shape index (κ1) is 15.6. The molecule has 0 saturated heterocycles. The average Bonchev–Trinajstić information content (AvgIpc) is 0.811. The molecule has 0 aliphatic carbocycles. The molecule has 0 aromatic heterocycles. The summed E-state index contributed by atoms with van der Waals surface area (Å²) >= 11 is -3.95. The van der Waals surface area contributed by atoms with Gasteiger partial charge in [0, 0.05) is 16.5 Å². The molecular weight excluding hydrogens is 407 g/mol. The van der Waals surface area contributed by atoms with Crippen LogP contribution in [0.4, 0.5) is 0 Å². The van der Waals surface area contributed by atoms with Gasteiger partial charge in [0.2, 0.25) is 0 Å². The molecule has 0 aromatic carbocycles. The molecular formula is H3NbNiO3Pb. The van der Waals surface area contributed by atoms with Gasteiger partial charge >= 0.3 is 56.2 Å². The monoisotopic (exact) mass is 410 g/mol. The predicted molar refractivity (Wildman–Crippen MR) is 12.1 cm³/mol. The zero-order valence-electron chi connectivity index (χ0n) is 2.73. The third-order valence-electron chi connectivity index (χ3n) is 0. The van der Waals surface area contributed by atoms with Crippen molar-refractivity contribution < 1.29 is 45.4 Å². The van der Waals surface area contributed by atoms with E-state index in [0.717, 1.165) is 0 Å². The van der Waals surface area contributed by atoms with E-state index in [4.69, 9.17) is 10.1 Å². The Balaban J connectivity index is -0.0000000450. The third-order valence-corrected chi connectivity index (χ3v) is 0. The van der Waals surface area contributed by atoms with Gasteiger partial charge in [-0.2, -0.15) is 0 Å². The molecule has 0 bridgehead atoms. The predicted octanol–water partition coefficient (Wildman–Crippen LogP) is -1.72. The van der Waals surface area contributed by atoms with Crippen molar-refractivity contribution in [1.29, 1.82) is 0 Å². The van der Waals surface area contributed by atoms with E-state index in [1.54, 1.807) is 0 Å². The van der Waals surface area contributed by atoms with Gasteiger partial charge in [0.15, 0.2) is 0 Å². The minimum absolute atomic E-state index is 0. The maximum absolute atomic E-state index is 8.71. The van der Waals surface area contributed by atoms with Gasteiger partial charge in [-0.25, -0.2) is 0 Å². The number of hydrogen-bond acceptors (Lipinski definition) is 2. The second-order valence-corrected chi connectivity index (χ2v) is 1.41. The van der Waals surface area contributed by atoms with Crippen LogP contribution < -0.4 is 0 Å². The van der Waals surface area contributed by atoms with E-state index in [-0.39, 0.29) is 43.8 Å². The van der Waals surface area contributed by atoms with Crippen LogP contribution in [0.15, 0.2) is 0 Å². The third kappa shape index (κ3) is 43.2. The first-order valence-electron chi connectivity index (χ1n) is 0.565. The fraction of sp³-hybridized carbons (Fsp3) is 0. The number of hydrogen-bond donors (Lipinski definition) is 1. The molecule has 3 nitrogen and oxygen atoms in total. The molecule has 40 valence electrons. The van der Waals surface area contributed by atoms with Crippen LogP contribution in [0.25, 0.3) is 0 Å². The van der Waals surface area contributed by atoms with Crippen LogP contribution in [0.3, 0.4) is 0 Å². The van der Waals surface area contributed by atoms with Gasteiger partial charge in [-0.05, 0) is 0 Å². The Morgan fingerprint density at radius 1 is 1.33 bits per heavy atom. The Bertz CT molecular complexity index is 59.2. The molecule has 0 fully saturated rings. The van der Waals surface area contributed by atoms with E-state index >= 15 is 0 Å². The summed E-state index contributed by atoms with van der Waals surface area (Å²) < 4.78 is 24.6. The normalized spacial score (nSPS) is 4.17. The topological polar surface area (TPSA) is 54.4 Å². The Kier molecular flexibility index (Phi) is 25.7. The maximum atomic E-state index is 8.71. The van der Waals surface area contributed by atoms with Crippen molar-refractivity contribution in [2.75, 3.05) is 0 Å². The summed E-state index contributed by atoms with van der Waals surface area (Å²) in [5.74, 6) is 0. The summed E-state index contributed by atoms with van der Waals surface area (Å²) in [4.78, 5) is 0. The fourth-order valence-corrected chi connectivity index (χ4v) is 0. The standard InChI is InChI=1S/Nb.Ni.H2O.2O.Pb.2H/h;;1H2;;;;;/q+1;;;;;;;/p-1. The van der Waals surface area contributed by atoms with Crippen molar-refractivity contribution in [3.05, 3.63) is 0 Å². The van der Waals surface area contributed by atoms with Crippen molar-refractivity contribution in [1.82, 2.24) is 0 Å². The Hall–Kier alpha value is 1.72. The summed E-state index contributed by atoms with van der Waals surface area (Å²) in [7, 11) is 0. The summed E-state index contributed by atoms with van der Waals surface area (Å²) in [6.07, 6.45) is 0. The molecule has 0 unspecified atom stereocenters. The van der Waals surface area contributed by atoms with Crippen LogP contribution in [0.2, 0.25) is 0 Å². The zero-order chi connectivity index (χ0) is 3.58. The average molecular weight is 410 g/mol. The van der Waals surface area contributed by atoms with Gasteiger partial charge in [-0.1, -0.05) is 0 Å². The van der Waals surface area contributed by atoms with Gasteiger partial charge in [0.1, 0.15) is 0 Å². The second-order valence-electron chi connectivity index (χ2n) is 0.238. The minimum atomic E-state index is -3.95. The van der Waals surface area contributed by atoms with E-state index in [0.29, 0.717) is 0 Å². The molecule has 6 heteroatoms. The molecule has 0 atom stereocenters. The van der Waals surface area contributed by atoms with Crippen LogP contribution in [0, 0.1) is 0 Å². The molecule has 0 heterocycles. The molecule has 0 aliphatic rings. The molecule has 2 radical (unpaired) electrons. The van der Waals surface area contributed by atoms with Crippen molar-refractivity contribution in [2.24, 2.45) is 0 Å². The van der Waals surface area contributed by atoms with E-state index < -0.39 is 18.8 Å². The molecule has 0 aliphatic heterocycles. The summed E-state index contributed by atoms with van der Waals surface area (Å²) in [5, 5.41) is 0. The van der Waals surface area contributed by atoms with Crippen LogP contribution >= 0.6 is 0 Å². The molecule has 0 spiro atoms. The van der Waals surface area contributed by atoms with E-state index in [1.807, 2.05) is 0 Å². The first-order valence-corrected chi connectivity index (χ1v) is 3.34. The summed E-state index contributed by atoms with van der Waals surface area (Å²) in [5.41, 5.74) is 0. The van der Waals surface area contributed by atoms with Crippen molar-refractivity contribution in [3.8, 4) is 0 Å². The Labute approximate surface area is 71.9 Å². The van der Waals surface area contributed by atoms with Crippen molar-refractivity contribution >= 4 is 27.3 Å². The van der Waals surface area contributed by atoms with Gasteiger partial charge < -0.3 is 0 Å². The second kappa shape index (κ2) is 9.87. The quantitative estimate of drug-likeness (QED) is 0.485. The van der Waals surface area contributed by atoms with E-state index in [1.165, 1.54) is 0 Å². The van der Waals surface area contributed by atoms with E-state index in [2.05, 4.69) is 0 Å². The van der Waals surface area contributed by atoms with Crippen LogP contribution in [0.5, 0.6) is 0 Å². The number of rotatable bonds is 0. The van der Waals surface area contributed by atoms with Gasteiger partial charge in [0.05, 0.1) is 0 Å². The van der Waals surface area contributed by atoms with E-state index in [9.17, 15) is 0 Å². The molecule has 6 heavy (non-hydrogen) atoms. The summed E-state index contributed by atoms with van der Waals surface area (Å²) in [6.45, 7) is 0. The Morgan fingerprint density at radius 2 is 1.33 bits per heavy atom. The SMILES string of the molecule is [Ni].[O]=[Nb](=[O])[OH].[PbH2]. The fourth-order valence-electron chi connectivity index (χ4n) is 0. The zero-order valence-corrected chi connectivity index (χ0v) is 11.4. The van der Waals surface area contributed by atoms with Crippen LogP contribution in [0.1, 0.15) is 0 Å². The molecule has 0 aromatic rings. The van der Waals surface area contributed by atoms with Gasteiger partial charge in [-0.3, -0.25) is 0 Å². The van der Waals surface area contributed by atoms with Crippen molar-refractivity contribution in [2.45, 2.75) is 0 Å². The molecule has 0 saturated carbocycles.